The Hall–Kier alpha value is -1.60. The Morgan fingerprint density at radius 2 is 2.17 bits per heavy atom. The van der Waals surface area contributed by atoms with Crippen LogP contribution in [0, 0.1) is 19.3 Å². The molecule has 0 unspecified atom stereocenters. The van der Waals surface area contributed by atoms with Crippen molar-refractivity contribution >= 4 is 5.95 Å². The maximum atomic E-state index is 5.36. The standard InChI is InChI=1S/C14H22N4/c1-5-8-15-11-13-10-12(4)16-14(17-13)18(7-3)9-6-2/h2,10,15H,5,7-9,11H2,1,3-4H3. The van der Waals surface area contributed by atoms with Crippen molar-refractivity contribution in [3.63, 3.8) is 0 Å². The first kappa shape index (κ1) is 14.5. The van der Waals surface area contributed by atoms with Crippen molar-refractivity contribution in [2.75, 3.05) is 24.5 Å². The normalized spacial score (nSPS) is 10.1. The molecule has 0 bridgehead atoms. The molecule has 4 heteroatoms. The fraction of sp³-hybridized carbons (Fsp3) is 0.571. The number of terminal acetylenes is 1. The van der Waals surface area contributed by atoms with E-state index in [1.165, 1.54) is 0 Å². The Bertz CT molecular complexity index is 409. The molecule has 0 aliphatic heterocycles. The van der Waals surface area contributed by atoms with Crippen molar-refractivity contribution in [1.82, 2.24) is 15.3 Å². The third-order valence-corrected chi connectivity index (χ3v) is 2.58. The van der Waals surface area contributed by atoms with Crippen LogP contribution < -0.4 is 10.2 Å². The predicted molar refractivity (Wildman–Crippen MR) is 75.5 cm³/mol. The molecule has 0 saturated heterocycles. The zero-order chi connectivity index (χ0) is 13.4. The molecule has 0 radical (unpaired) electrons. The third kappa shape index (κ3) is 4.34. The van der Waals surface area contributed by atoms with Gasteiger partial charge in [-0.3, -0.25) is 0 Å². The second-order valence-electron chi connectivity index (χ2n) is 4.20. The Kier molecular flexibility index (Phi) is 6.16. The Labute approximate surface area is 110 Å². The first-order chi connectivity index (χ1) is 8.71. The summed E-state index contributed by atoms with van der Waals surface area (Å²) in [6, 6.07) is 2.01. The SMILES string of the molecule is C#CCN(CC)c1nc(C)cc(CNCCC)n1. The number of aryl methyl sites for hydroxylation is 1. The number of nitrogens with zero attached hydrogens (tertiary/aromatic N) is 3. The lowest BCUT2D eigenvalue weighted by Gasteiger charge is -2.19. The van der Waals surface area contributed by atoms with Gasteiger partial charge in [0.15, 0.2) is 0 Å². The molecule has 0 saturated carbocycles. The molecule has 98 valence electrons. The molecule has 1 rings (SSSR count). The van der Waals surface area contributed by atoms with Crippen LogP contribution in [0.4, 0.5) is 5.95 Å². The molecule has 0 fully saturated rings. The van der Waals surface area contributed by atoms with Crippen LogP contribution in [-0.2, 0) is 6.54 Å². The van der Waals surface area contributed by atoms with E-state index in [9.17, 15) is 0 Å². The van der Waals surface area contributed by atoms with Gasteiger partial charge in [0, 0.05) is 18.8 Å². The van der Waals surface area contributed by atoms with Crippen molar-refractivity contribution in [3.05, 3.63) is 17.5 Å². The van der Waals surface area contributed by atoms with Crippen molar-refractivity contribution in [2.45, 2.75) is 33.7 Å². The summed E-state index contributed by atoms with van der Waals surface area (Å²) >= 11 is 0. The van der Waals surface area contributed by atoms with E-state index in [0.29, 0.717) is 6.54 Å². The van der Waals surface area contributed by atoms with Crippen LogP contribution in [0.1, 0.15) is 31.7 Å². The average Bonchev–Trinajstić information content (AvgIpc) is 2.35. The molecule has 0 aliphatic carbocycles. The van der Waals surface area contributed by atoms with Crippen LogP contribution in [0.3, 0.4) is 0 Å². The molecular weight excluding hydrogens is 224 g/mol. The molecule has 0 atom stereocenters. The lowest BCUT2D eigenvalue weighted by atomic mass is 10.3. The van der Waals surface area contributed by atoms with E-state index in [2.05, 4.69) is 35.1 Å². The number of nitrogens with one attached hydrogen (secondary N) is 1. The summed E-state index contributed by atoms with van der Waals surface area (Å²) in [4.78, 5) is 11.0. The average molecular weight is 246 g/mol. The highest BCUT2D eigenvalue weighted by Crippen LogP contribution is 2.09. The van der Waals surface area contributed by atoms with Gasteiger partial charge in [0.2, 0.25) is 5.95 Å². The van der Waals surface area contributed by atoms with Crippen molar-refractivity contribution in [3.8, 4) is 12.3 Å². The molecule has 0 amide bonds. The monoisotopic (exact) mass is 246 g/mol. The lowest BCUT2D eigenvalue weighted by Crippen LogP contribution is -2.26. The van der Waals surface area contributed by atoms with Crippen LogP contribution in [0.25, 0.3) is 0 Å². The van der Waals surface area contributed by atoms with Crippen LogP contribution >= 0.6 is 0 Å². The number of hydrogen-bond acceptors (Lipinski definition) is 4. The van der Waals surface area contributed by atoms with Gasteiger partial charge in [-0.15, -0.1) is 6.42 Å². The van der Waals surface area contributed by atoms with Crippen molar-refractivity contribution in [1.29, 1.82) is 0 Å². The minimum atomic E-state index is 0.543. The highest BCUT2D eigenvalue weighted by atomic mass is 15.2. The number of rotatable bonds is 7. The molecule has 0 spiro atoms. The van der Waals surface area contributed by atoms with Crippen LogP contribution in [0.2, 0.25) is 0 Å². The zero-order valence-electron chi connectivity index (χ0n) is 11.5. The van der Waals surface area contributed by atoms with Gasteiger partial charge in [-0.1, -0.05) is 12.8 Å². The minimum absolute atomic E-state index is 0.543. The first-order valence-electron chi connectivity index (χ1n) is 6.44. The van der Waals surface area contributed by atoms with Crippen molar-refractivity contribution < 1.29 is 0 Å². The third-order valence-electron chi connectivity index (χ3n) is 2.58. The van der Waals surface area contributed by atoms with Gasteiger partial charge >= 0.3 is 0 Å². The lowest BCUT2D eigenvalue weighted by molar-refractivity contribution is 0.660. The maximum Gasteiger partial charge on any atom is 0.226 e. The fourth-order valence-corrected chi connectivity index (χ4v) is 1.68. The summed E-state index contributed by atoms with van der Waals surface area (Å²) in [5, 5.41) is 3.35. The maximum absolute atomic E-state index is 5.36. The van der Waals surface area contributed by atoms with E-state index < -0.39 is 0 Å². The topological polar surface area (TPSA) is 41.1 Å². The van der Waals surface area contributed by atoms with E-state index >= 15 is 0 Å². The van der Waals surface area contributed by atoms with Crippen LogP contribution in [0.15, 0.2) is 6.07 Å². The highest BCUT2D eigenvalue weighted by Gasteiger charge is 2.08. The van der Waals surface area contributed by atoms with Crippen LogP contribution in [0.5, 0.6) is 0 Å². The molecular formula is C14H22N4. The molecule has 0 aromatic carbocycles. The van der Waals surface area contributed by atoms with E-state index in [-0.39, 0.29) is 0 Å². The zero-order valence-corrected chi connectivity index (χ0v) is 11.5. The Morgan fingerprint density at radius 3 is 2.78 bits per heavy atom. The molecule has 1 N–H and O–H groups in total. The summed E-state index contributed by atoms with van der Waals surface area (Å²) in [7, 11) is 0. The fourth-order valence-electron chi connectivity index (χ4n) is 1.68. The quantitative estimate of drug-likeness (QED) is 0.588. The largest absolute Gasteiger partial charge is 0.330 e. The van der Waals surface area contributed by atoms with E-state index in [0.717, 1.165) is 43.4 Å². The summed E-state index contributed by atoms with van der Waals surface area (Å²) in [6.45, 7) is 9.32. The highest BCUT2D eigenvalue weighted by molar-refractivity contribution is 5.34. The Morgan fingerprint density at radius 1 is 1.39 bits per heavy atom. The van der Waals surface area contributed by atoms with Gasteiger partial charge in [-0.25, -0.2) is 9.97 Å². The van der Waals surface area contributed by atoms with Gasteiger partial charge in [0.05, 0.1) is 12.2 Å². The summed E-state index contributed by atoms with van der Waals surface area (Å²) in [5.41, 5.74) is 1.99. The second kappa shape index (κ2) is 7.67. The van der Waals surface area contributed by atoms with Gasteiger partial charge < -0.3 is 10.2 Å². The summed E-state index contributed by atoms with van der Waals surface area (Å²) in [5.74, 6) is 3.36. The molecule has 1 aromatic heterocycles. The number of aromatic nitrogens is 2. The van der Waals surface area contributed by atoms with Gasteiger partial charge in [-0.05, 0) is 32.9 Å². The molecule has 0 aliphatic rings. The molecule has 4 nitrogen and oxygen atoms in total. The smallest absolute Gasteiger partial charge is 0.226 e. The minimum Gasteiger partial charge on any atom is -0.330 e. The number of hydrogen-bond donors (Lipinski definition) is 1. The molecule has 18 heavy (non-hydrogen) atoms. The van der Waals surface area contributed by atoms with E-state index in [1.54, 1.807) is 0 Å². The predicted octanol–water partition coefficient (Wildman–Crippen LogP) is 1.74. The summed E-state index contributed by atoms with van der Waals surface area (Å²) in [6.07, 6.45) is 6.48. The van der Waals surface area contributed by atoms with Crippen molar-refractivity contribution in [2.24, 2.45) is 0 Å². The summed E-state index contributed by atoms with van der Waals surface area (Å²) < 4.78 is 0. The van der Waals surface area contributed by atoms with E-state index in [1.807, 2.05) is 17.9 Å². The van der Waals surface area contributed by atoms with Gasteiger partial charge in [0.1, 0.15) is 0 Å². The second-order valence-corrected chi connectivity index (χ2v) is 4.20. The van der Waals surface area contributed by atoms with Gasteiger partial charge in [0.25, 0.3) is 0 Å². The first-order valence-corrected chi connectivity index (χ1v) is 6.44. The molecule has 1 aromatic rings. The number of anilines is 1. The van der Waals surface area contributed by atoms with Crippen LogP contribution in [-0.4, -0.2) is 29.6 Å². The van der Waals surface area contributed by atoms with Gasteiger partial charge in [-0.2, -0.15) is 0 Å². The van der Waals surface area contributed by atoms with E-state index in [4.69, 9.17) is 6.42 Å². The Balaban J connectivity index is 2.82. The molecule has 1 heterocycles.